The van der Waals surface area contributed by atoms with Gasteiger partial charge in [0.2, 0.25) is 5.91 Å². The predicted octanol–water partition coefficient (Wildman–Crippen LogP) is 2.54. The first-order valence-electron chi connectivity index (χ1n) is 8.34. The largest absolute Gasteiger partial charge is 0.342 e. The van der Waals surface area contributed by atoms with E-state index in [1.165, 1.54) is 38.8 Å². The van der Waals surface area contributed by atoms with Crippen LogP contribution in [-0.2, 0) is 4.79 Å². The van der Waals surface area contributed by atoms with E-state index in [4.69, 9.17) is 5.73 Å². The first kappa shape index (κ1) is 22.0. The van der Waals surface area contributed by atoms with Crippen molar-refractivity contribution in [3.05, 3.63) is 0 Å². The Labute approximate surface area is 148 Å². The zero-order valence-electron chi connectivity index (χ0n) is 14.0. The lowest BCUT2D eigenvalue weighted by Gasteiger charge is -2.40. The summed E-state index contributed by atoms with van der Waals surface area (Å²) in [6.45, 7) is 9.03. The Balaban J connectivity index is 0.00000220. The highest BCUT2D eigenvalue weighted by Gasteiger charge is 2.28. The maximum Gasteiger partial charge on any atom is 0.226 e. The van der Waals surface area contributed by atoms with Crippen LogP contribution in [0.4, 0.5) is 0 Å². The second-order valence-corrected chi connectivity index (χ2v) is 6.77. The van der Waals surface area contributed by atoms with Crippen LogP contribution in [0.1, 0.15) is 46.0 Å². The lowest BCUT2D eigenvalue weighted by molar-refractivity contribution is -0.136. The molecule has 4 nitrogen and oxygen atoms in total. The number of likely N-dealkylation sites (tertiary alicyclic amines) is 2. The van der Waals surface area contributed by atoms with Crippen LogP contribution in [-0.4, -0.2) is 54.5 Å². The Morgan fingerprint density at radius 2 is 1.91 bits per heavy atom. The SMILES string of the molecule is CC(CN)C(=O)N1CCCC(CN2CCCCC2C)C1.Cl.Cl. The van der Waals surface area contributed by atoms with Crippen molar-refractivity contribution in [2.24, 2.45) is 17.6 Å². The van der Waals surface area contributed by atoms with E-state index in [0.29, 0.717) is 12.5 Å². The molecule has 2 N–H and O–H groups in total. The van der Waals surface area contributed by atoms with Gasteiger partial charge in [-0.15, -0.1) is 24.8 Å². The van der Waals surface area contributed by atoms with Gasteiger partial charge in [0.15, 0.2) is 0 Å². The Kier molecular flexibility index (Phi) is 10.7. The van der Waals surface area contributed by atoms with Crippen LogP contribution in [0, 0.1) is 11.8 Å². The number of amides is 1. The molecule has 22 heavy (non-hydrogen) atoms. The Morgan fingerprint density at radius 3 is 2.55 bits per heavy atom. The zero-order valence-corrected chi connectivity index (χ0v) is 15.6. The lowest BCUT2D eigenvalue weighted by Crippen LogP contribution is -2.48. The smallest absolute Gasteiger partial charge is 0.226 e. The van der Waals surface area contributed by atoms with Gasteiger partial charge >= 0.3 is 0 Å². The standard InChI is InChI=1S/C16H31N3O.2ClH/c1-13(10-17)16(20)19-9-5-7-15(12-19)11-18-8-4-3-6-14(18)2;;/h13-15H,3-12,17H2,1-2H3;2*1H. The molecule has 2 heterocycles. The average molecular weight is 354 g/mol. The first-order chi connectivity index (χ1) is 9.61. The molecule has 0 radical (unpaired) electrons. The molecule has 0 spiro atoms. The van der Waals surface area contributed by atoms with Gasteiger partial charge in [0, 0.05) is 38.1 Å². The van der Waals surface area contributed by atoms with E-state index in [1.807, 2.05) is 6.92 Å². The zero-order chi connectivity index (χ0) is 14.5. The summed E-state index contributed by atoms with van der Waals surface area (Å²) in [6, 6.07) is 0.720. The van der Waals surface area contributed by atoms with Gasteiger partial charge in [0.1, 0.15) is 0 Å². The molecule has 2 fully saturated rings. The molecule has 2 aliphatic heterocycles. The van der Waals surface area contributed by atoms with Crippen LogP contribution in [0.5, 0.6) is 0 Å². The van der Waals surface area contributed by atoms with Crippen LogP contribution in [0.25, 0.3) is 0 Å². The fourth-order valence-corrected chi connectivity index (χ4v) is 3.59. The molecule has 3 unspecified atom stereocenters. The summed E-state index contributed by atoms with van der Waals surface area (Å²) in [6.07, 6.45) is 6.46. The molecular weight excluding hydrogens is 321 g/mol. The summed E-state index contributed by atoms with van der Waals surface area (Å²) in [5.41, 5.74) is 5.63. The lowest BCUT2D eigenvalue weighted by atomic mass is 9.94. The van der Waals surface area contributed by atoms with Crippen LogP contribution >= 0.6 is 24.8 Å². The van der Waals surface area contributed by atoms with Crippen LogP contribution in [0.15, 0.2) is 0 Å². The topological polar surface area (TPSA) is 49.6 Å². The van der Waals surface area contributed by atoms with Gasteiger partial charge in [-0.2, -0.15) is 0 Å². The monoisotopic (exact) mass is 353 g/mol. The number of nitrogens with zero attached hydrogens (tertiary/aromatic N) is 2. The molecule has 6 heteroatoms. The van der Waals surface area contributed by atoms with Crippen molar-refractivity contribution < 1.29 is 4.79 Å². The number of hydrogen-bond donors (Lipinski definition) is 1. The van der Waals surface area contributed by atoms with Crippen molar-refractivity contribution in [1.29, 1.82) is 0 Å². The third-order valence-electron chi connectivity index (χ3n) is 5.04. The highest BCUT2D eigenvalue weighted by Crippen LogP contribution is 2.23. The molecule has 0 aromatic heterocycles. The minimum atomic E-state index is -0.0253. The van der Waals surface area contributed by atoms with Gasteiger partial charge in [0.25, 0.3) is 0 Å². The van der Waals surface area contributed by atoms with E-state index < -0.39 is 0 Å². The van der Waals surface area contributed by atoms with Crippen molar-refractivity contribution in [3.63, 3.8) is 0 Å². The van der Waals surface area contributed by atoms with Gasteiger partial charge in [-0.1, -0.05) is 13.3 Å². The minimum Gasteiger partial charge on any atom is -0.342 e. The second kappa shape index (κ2) is 10.7. The normalized spacial score (nSPS) is 27.5. The Hall–Kier alpha value is -0.0300. The third-order valence-corrected chi connectivity index (χ3v) is 5.04. The highest BCUT2D eigenvalue weighted by molar-refractivity contribution is 5.85. The van der Waals surface area contributed by atoms with Crippen LogP contribution in [0.2, 0.25) is 0 Å². The van der Waals surface area contributed by atoms with Gasteiger partial charge in [-0.3, -0.25) is 4.79 Å². The van der Waals surface area contributed by atoms with Gasteiger partial charge in [-0.05, 0) is 45.1 Å². The molecule has 2 aliphatic rings. The van der Waals surface area contributed by atoms with Crippen LogP contribution < -0.4 is 5.73 Å². The average Bonchev–Trinajstić information content (AvgIpc) is 2.48. The third kappa shape index (κ3) is 5.88. The summed E-state index contributed by atoms with van der Waals surface area (Å²) in [4.78, 5) is 17.0. The summed E-state index contributed by atoms with van der Waals surface area (Å²) in [5, 5.41) is 0. The first-order valence-corrected chi connectivity index (χ1v) is 8.34. The minimum absolute atomic E-state index is 0. The molecule has 0 aliphatic carbocycles. The fraction of sp³-hybridized carbons (Fsp3) is 0.938. The molecule has 0 aromatic carbocycles. The maximum atomic E-state index is 12.3. The van der Waals surface area contributed by atoms with E-state index in [-0.39, 0.29) is 36.6 Å². The molecule has 132 valence electrons. The molecule has 2 saturated heterocycles. The van der Waals surface area contributed by atoms with E-state index in [0.717, 1.165) is 25.6 Å². The number of rotatable bonds is 4. The Bertz CT molecular complexity index is 331. The van der Waals surface area contributed by atoms with Crippen molar-refractivity contribution >= 4 is 30.7 Å². The van der Waals surface area contributed by atoms with E-state index in [2.05, 4.69) is 16.7 Å². The quantitative estimate of drug-likeness (QED) is 0.844. The molecule has 1 amide bonds. The van der Waals surface area contributed by atoms with Crippen molar-refractivity contribution in [2.45, 2.75) is 52.0 Å². The van der Waals surface area contributed by atoms with Crippen LogP contribution in [0.3, 0.4) is 0 Å². The molecule has 3 atom stereocenters. The van der Waals surface area contributed by atoms with Gasteiger partial charge in [0.05, 0.1) is 0 Å². The van der Waals surface area contributed by atoms with Crippen molar-refractivity contribution in [2.75, 3.05) is 32.7 Å². The number of carbonyl (C=O) groups excluding carboxylic acids is 1. The molecular formula is C16H33Cl2N3O. The number of hydrogen-bond acceptors (Lipinski definition) is 3. The predicted molar refractivity (Wildman–Crippen MR) is 96.9 cm³/mol. The van der Waals surface area contributed by atoms with Gasteiger partial charge < -0.3 is 15.5 Å². The second-order valence-electron chi connectivity index (χ2n) is 6.77. The number of piperidine rings is 2. The van der Waals surface area contributed by atoms with E-state index >= 15 is 0 Å². The highest BCUT2D eigenvalue weighted by atomic mass is 35.5. The summed E-state index contributed by atoms with van der Waals surface area (Å²) in [7, 11) is 0. The number of halogens is 2. The summed E-state index contributed by atoms with van der Waals surface area (Å²) in [5.74, 6) is 0.879. The number of nitrogens with two attached hydrogens (primary N) is 1. The number of carbonyl (C=O) groups is 1. The molecule has 0 saturated carbocycles. The Morgan fingerprint density at radius 1 is 1.18 bits per heavy atom. The molecule has 0 bridgehead atoms. The van der Waals surface area contributed by atoms with Crippen molar-refractivity contribution in [3.8, 4) is 0 Å². The molecule has 0 aromatic rings. The molecule has 2 rings (SSSR count). The van der Waals surface area contributed by atoms with E-state index in [9.17, 15) is 4.79 Å². The van der Waals surface area contributed by atoms with Crippen molar-refractivity contribution in [1.82, 2.24) is 9.80 Å². The van der Waals surface area contributed by atoms with E-state index in [1.54, 1.807) is 0 Å². The van der Waals surface area contributed by atoms with Gasteiger partial charge in [-0.25, -0.2) is 0 Å². The maximum absolute atomic E-state index is 12.3. The fourth-order valence-electron chi connectivity index (χ4n) is 3.59. The summed E-state index contributed by atoms with van der Waals surface area (Å²) < 4.78 is 0. The summed E-state index contributed by atoms with van der Waals surface area (Å²) >= 11 is 0.